The van der Waals surface area contributed by atoms with Gasteiger partial charge in [-0.1, -0.05) is 6.92 Å². The first kappa shape index (κ1) is 15.1. The highest BCUT2D eigenvalue weighted by Gasteiger charge is 2.22. The molecule has 0 radical (unpaired) electrons. The summed E-state index contributed by atoms with van der Waals surface area (Å²) in [5.74, 6) is -5.09. The lowest BCUT2D eigenvalue weighted by atomic mass is 10.1. The molecule has 2 heterocycles. The van der Waals surface area contributed by atoms with E-state index in [9.17, 15) is 22.8 Å². The SMILES string of the molecule is CCOC(=O)c1cc(CC)c2c(F)cc(F)c(F)n2c1=O. The highest BCUT2D eigenvalue weighted by Crippen LogP contribution is 2.19. The molecule has 0 unspecified atom stereocenters. The van der Waals surface area contributed by atoms with Crippen LogP contribution in [-0.2, 0) is 11.2 Å². The summed E-state index contributed by atoms with van der Waals surface area (Å²) in [7, 11) is 0. The number of fused-ring (bicyclic) bond motifs is 1. The van der Waals surface area contributed by atoms with Gasteiger partial charge in [0.2, 0.25) is 5.95 Å². The van der Waals surface area contributed by atoms with Gasteiger partial charge < -0.3 is 4.74 Å². The van der Waals surface area contributed by atoms with Crippen LogP contribution in [0.25, 0.3) is 5.52 Å². The van der Waals surface area contributed by atoms with E-state index in [1.54, 1.807) is 6.92 Å². The highest BCUT2D eigenvalue weighted by molar-refractivity contribution is 5.90. The Morgan fingerprint density at radius 2 is 1.86 bits per heavy atom. The Kier molecular flexibility index (Phi) is 4.02. The number of halogens is 3. The maximum Gasteiger partial charge on any atom is 0.343 e. The summed E-state index contributed by atoms with van der Waals surface area (Å²) in [4.78, 5) is 23.8. The molecule has 2 aromatic heterocycles. The largest absolute Gasteiger partial charge is 0.462 e. The van der Waals surface area contributed by atoms with Crippen molar-refractivity contribution in [3.63, 3.8) is 0 Å². The van der Waals surface area contributed by atoms with Crippen molar-refractivity contribution in [1.29, 1.82) is 0 Å². The molecule has 2 rings (SSSR count). The maximum absolute atomic E-state index is 13.9. The van der Waals surface area contributed by atoms with E-state index >= 15 is 0 Å². The van der Waals surface area contributed by atoms with Gasteiger partial charge in [0.05, 0.1) is 12.1 Å². The molecule has 21 heavy (non-hydrogen) atoms. The predicted octanol–water partition coefficient (Wildman–Crippen LogP) is 2.46. The molecule has 0 bridgehead atoms. The average molecular weight is 299 g/mol. The van der Waals surface area contributed by atoms with E-state index < -0.39 is 34.7 Å². The van der Waals surface area contributed by atoms with E-state index in [0.29, 0.717) is 6.07 Å². The summed E-state index contributed by atoms with van der Waals surface area (Å²) in [6, 6.07) is 1.52. The monoisotopic (exact) mass is 299 g/mol. The van der Waals surface area contributed by atoms with Crippen molar-refractivity contribution in [2.24, 2.45) is 0 Å². The summed E-state index contributed by atoms with van der Waals surface area (Å²) in [6.07, 6.45) is 0.220. The van der Waals surface area contributed by atoms with Crippen molar-refractivity contribution in [2.75, 3.05) is 6.61 Å². The fourth-order valence-corrected chi connectivity index (χ4v) is 2.09. The van der Waals surface area contributed by atoms with E-state index in [1.807, 2.05) is 0 Å². The van der Waals surface area contributed by atoms with Crippen LogP contribution in [0.5, 0.6) is 0 Å². The average Bonchev–Trinajstić information content (AvgIpc) is 2.44. The number of esters is 1. The van der Waals surface area contributed by atoms with Crippen molar-refractivity contribution < 1.29 is 22.7 Å². The van der Waals surface area contributed by atoms with Gasteiger partial charge in [0, 0.05) is 6.07 Å². The number of hydrogen-bond donors (Lipinski definition) is 0. The van der Waals surface area contributed by atoms with Crippen molar-refractivity contribution >= 4 is 11.5 Å². The van der Waals surface area contributed by atoms with Gasteiger partial charge >= 0.3 is 5.97 Å². The summed E-state index contributed by atoms with van der Waals surface area (Å²) in [6.45, 7) is 3.19. The van der Waals surface area contributed by atoms with Crippen molar-refractivity contribution in [3.8, 4) is 0 Å². The predicted molar refractivity (Wildman–Crippen MR) is 68.9 cm³/mol. The van der Waals surface area contributed by atoms with Gasteiger partial charge in [-0.05, 0) is 25.0 Å². The van der Waals surface area contributed by atoms with Crippen LogP contribution in [0.4, 0.5) is 13.2 Å². The van der Waals surface area contributed by atoms with Crippen LogP contribution in [0.15, 0.2) is 16.9 Å². The van der Waals surface area contributed by atoms with E-state index in [2.05, 4.69) is 0 Å². The van der Waals surface area contributed by atoms with Gasteiger partial charge in [-0.15, -0.1) is 0 Å². The number of carbonyl (C=O) groups excluding carboxylic acids is 1. The van der Waals surface area contributed by atoms with Crippen LogP contribution < -0.4 is 5.56 Å². The van der Waals surface area contributed by atoms with E-state index in [1.165, 1.54) is 6.92 Å². The van der Waals surface area contributed by atoms with Gasteiger partial charge in [-0.3, -0.25) is 4.79 Å². The van der Waals surface area contributed by atoms with Gasteiger partial charge in [-0.2, -0.15) is 4.39 Å². The third kappa shape index (κ3) is 2.39. The zero-order valence-electron chi connectivity index (χ0n) is 11.4. The Morgan fingerprint density at radius 3 is 2.43 bits per heavy atom. The van der Waals surface area contributed by atoms with E-state index in [-0.39, 0.29) is 28.5 Å². The normalized spacial score (nSPS) is 10.9. The number of rotatable bonds is 3. The van der Waals surface area contributed by atoms with Crippen LogP contribution in [0.2, 0.25) is 0 Å². The van der Waals surface area contributed by atoms with Crippen LogP contribution in [-0.4, -0.2) is 17.0 Å². The molecule has 4 nitrogen and oxygen atoms in total. The molecule has 0 fully saturated rings. The molecule has 0 aliphatic rings. The zero-order valence-corrected chi connectivity index (χ0v) is 11.4. The molecule has 7 heteroatoms. The first-order valence-electron chi connectivity index (χ1n) is 6.31. The van der Waals surface area contributed by atoms with Crippen LogP contribution >= 0.6 is 0 Å². The molecule has 0 spiro atoms. The van der Waals surface area contributed by atoms with Crippen LogP contribution in [0.1, 0.15) is 29.8 Å². The summed E-state index contributed by atoms with van der Waals surface area (Å²) < 4.78 is 45.9. The topological polar surface area (TPSA) is 47.8 Å². The minimum absolute atomic E-state index is 0.0163. The number of nitrogens with zero attached hydrogens (tertiary/aromatic N) is 1. The lowest BCUT2D eigenvalue weighted by Gasteiger charge is -2.11. The number of pyridine rings is 2. The minimum Gasteiger partial charge on any atom is -0.462 e. The Balaban J connectivity index is 2.95. The smallest absolute Gasteiger partial charge is 0.343 e. The third-order valence-corrected chi connectivity index (χ3v) is 3.03. The zero-order chi connectivity index (χ0) is 15.7. The standard InChI is InChI=1S/C14H12F3NO3/c1-3-7-5-8(14(20)21-4-2)13(19)18-11(7)9(15)6-10(16)12(18)17/h5-6H,3-4H2,1-2H3. The lowest BCUT2D eigenvalue weighted by Crippen LogP contribution is -2.27. The van der Waals surface area contributed by atoms with E-state index in [4.69, 9.17) is 4.74 Å². The maximum atomic E-state index is 13.9. The number of aryl methyl sites for hydroxylation is 1. The van der Waals surface area contributed by atoms with Crippen molar-refractivity contribution in [2.45, 2.75) is 20.3 Å². The first-order valence-corrected chi connectivity index (χ1v) is 6.31. The molecule has 112 valence electrons. The second-order valence-corrected chi connectivity index (χ2v) is 4.28. The first-order chi connectivity index (χ1) is 9.92. The number of ether oxygens (including phenoxy) is 1. The third-order valence-electron chi connectivity index (χ3n) is 3.03. The second kappa shape index (κ2) is 5.59. The van der Waals surface area contributed by atoms with Gasteiger partial charge in [-0.25, -0.2) is 18.0 Å². The number of hydrogen-bond acceptors (Lipinski definition) is 3. The van der Waals surface area contributed by atoms with E-state index in [0.717, 1.165) is 6.07 Å². The Labute approximate surface area is 117 Å². The van der Waals surface area contributed by atoms with Gasteiger partial charge in [0.25, 0.3) is 5.56 Å². The molecule has 0 aliphatic heterocycles. The lowest BCUT2D eigenvalue weighted by molar-refractivity contribution is 0.0524. The van der Waals surface area contributed by atoms with Crippen molar-refractivity contribution in [1.82, 2.24) is 4.40 Å². The molecule has 0 aliphatic carbocycles. The second-order valence-electron chi connectivity index (χ2n) is 4.28. The van der Waals surface area contributed by atoms with Crippen LogP contribution in [0, 0.1) is 17.6 Å². The highest BCUT2D eigenvalue weighted by atomic mass is 19.2. The molecule has 0 amide bonds. The van der Waals surface area contributed by atoms with Gasteiger partial charge in [0.1, 0.15) is 5.56 Å². The summed E-state index contributed by atoms with van der Waals surface area (Å²) in [5.41, 5.74) is -1.80. The molecule has 0 atom stereocenters. The number of aromatic nitrogens is 1. The fraction of sp³-hybridized carbons (Fsp3) is 0.286. The minimum atomic E-state index is -1.54. The number of carbonyl (C=O) groups is 1. The fourth-order valence-electron chi connectivity index (χ4n) is 2.09. The Morgan fingerprint density at radius 1 is 1.19 bits per heavy atom. The molecular weight excluding hydrogens is 287 g/mol. The summed E-state index contributed by atoms with van der Waals surface area (Å²) in [5, 5.41) is 0. The van der Waals surface area contributed by atoms with Gasteiger partial charge in [0.15, 0.2) is 11.6 Å². The molecule has 0 aromatic carbocycles. The van der Waals surface area contributed by atoms with Crippen molar-refractivity contribution in [3.05, 3.63) is 51.2 Å². The van der Waals surface area contributed by atoms with Crippen LogP contribution in [0.3, 0.4) is 0 Å². The molecule has 2 aromatic rings. The Hall–Kier alpha value is -2.31. The Bertz CT molecular complexity index is 783. The molecule has 0 saturated heterocycles. The molecule has 0 saturated carbocycles. The quantitative estimate of drug-likeness (QED) is 0.646. The molecular formula is C14H12F3NO3. The molecule has 0 N–H and O–H groups in total. The summed E-state index contributed by atoms with van der Waals surface area (Å²) >= 11 is 0.